The van der Waals surface area contributed by atoms with Crippen molar-refractivity contribution in [1.82, 2.24) is 0 Å². The summed E-state index contributed by atoms with van der Waals surface area (Å²) < 4.78 is 96.9. The molecule has 4 N–H and O–H groups in total. The highest BCUT2D eigenvalue weighted by molar-refractivity contribution is 5.70. The van der Waals surface area contributed by atoms with Crippen LogP contribution in [0, 0.1) is 29.6 Å². The molecule has 15 heterocycles. The van der Waals surface area contributed by atoms with E-state index in [9.17, 15) is 25.2 Å². The highest BCUT2D eigenvalue weighted by atomic mass is 16.8. The van der Waals surface area contributed by atoms with Crippen molar-refractivity contribution in [2.75, 3.05) is 6.61 Å². The third-order valence-corrected chi connectivity index (χ3v) is 23.0. The van der Waals surface area contributed by atoms with E-state index in [-0.39, 0.29) is 128 Å². The van der Waals surface area contributed by atoms with E-state index in [1.165, 1.54) is 0 Å². The summed E-state index contributed by atoms with van der Waals surface area (Å²) in [4.78, 5) is 14.6. The van der Waals surface area contributed by atoms with Gasteiger partial charge >= 0.3 is 5.97 Å². The molecule has 1 aliphatic carbocycles. The zero-order valence-electron chi connectivity index (χ0n) is 47.8. The van der Waals surface area contributed by atoms with Gasteiger partial charge in [0, 0.05) is 63.2 Å². The molecule has 15 aliphatic heterocycles. The van der Waals surface area contributed by atoms with Crippen molar-refractivity contribution in [3.8, 4) is 0 Å². The number of ether oxygens (including phenoxy) is 14. The maximum absolute atomic E-state index is 14.6. The lowest BCUT2D eigenvalue weighted by atomic mass is 9.79. The van der Waals surface area contributed by atoms with Gasteiger partial charge in [-0.2, -0.15) is 0 Å². The van der Waals surface area contributed by atoms with E-state index in [2.05, 4.69) is 40.9 Å². The molecule has 0 aromatic carbocycles. The van der Waals surface area contributed by atoms with E-state index in [0.717, 1.165) is 49.7 Å². The first-order valence-corrected chi connectivity index (χ1v) is 31.7. The summed E-state index contributed by atoms with van der Waals surface area (Å²) in [6.07, 6.45) is 3.21. The second-order valence-electron chi connectivity index (χ2n) is 28.6. The summed E-state index contributed by atoms with van der Waals surface area (Å²) in [7, 11) is 0. The number of aliphatic hydroxyl groups is 4. The quantitative estimate of drug-likeness (QED) is 0.202. The van der Waals surface area contributed by atoms with Gasteiger partial charge in [-0.1, -0.05) is 40.9 Å². The van der Waals surface area contributed by atoms with E-state index >= 15 is 0 Å². The Morgan fingerprint density at radius 1 is 0.556 bits per heavy atom. The minimum Gasteiger partial charge on any atom is -0.459 e. The molecule has 15 saturated heterocycles. The summed E-state index contributed by atoms with van der Waals surface area (Å²) in [6, 6.07) is 0. The van der Waals surface area contributed by atoms with Gasteiger partial charge in [0.15, 0.2) is 11.6 Å². The van der Waals surface area contributed by atoms with E-state index < -0.39 is 90.1 Å². The molecular weight excluding hydrogens is 1050 g/mol. The number of hydrogen-bond donors (Lipinski definition) is 4. The van der Waals surface area contributed by atoms with E-state index in [0.29, 0.717) is 77.0 Å². The van der Waals surface area contributed by atoms with Crippen LogP contribution in [0.1, 0.15) is 156 Å². The van der Waals surface area contributed by atoms with E-state index in [4.69, 9.17) is 66.3 Å². The monoisotopic (exact) mass is 1140 g/mol. The van der Waals surface area contributed by atoms with Crippen LogP contribution in [0.4, 0.5) is 0 Å². The minimum absolute atomic E-state index is 0.0236. The Hall–Kier alpha value is -1.73. The molecule has 0 amide bonds. The highest BCUT2D eigenvalue weighted by Crippen LogP contribution is 2.62. The predicted molar refractivity (Wildman–Crippen MR) is 283 cm³/mol. The molecule has 2 unspecified atom stereocenters. The van der Waals surface area contributed by atoms with Crippen LogP contribution in [0.2, 0.25) is 0 Å². The van der Waals surface area contributed by atoms with Gasteiger partial charge in [0.25, 0.3) is 0 Å². The number of rotatable bonds is 5. The van der Waals surface area contributed by atoms with Crippen molar-refractivity contribution in [2.24, 2.45) is 29.6 Å². The Bertz CT molecular complexity index is 2410. The van der Waals surface area contributed by atoms with Gasteiger partial charge in [-0.3, -0.25) is 4.79 Å². The molecule has 0 radical (unpaired) electrons. The predicted octanol–water partition coefficient (Wildman–Crippen LogP) is 5.30. The molecule has 19 nitrogen and oxygen atoms in total. The Morgan fingerprint density at radius 3 is 2.14 bits per heavy atom. The second kappa shape index (κ2) is 20.7. The number of fused-ring (bicyclic) bond motifs is 10. The van der Waals surface area contributed by atoms with Crippen LogP contribution in [0.15, 0.2) is 24.3 Å². The number of carbonyl (C=O) groups excluding carboxylic acids is 1. The number of esters is 1. The Kier molecular flexibility index (Phi) is 14.3. The normalized spacial score (nSPS) is 57.0. The fraction of sp³-hybridized carbons (Fsp3) is 0.919. The molecular formula is C62H90O19. The molecule has 81 heavy (non-hydrogen) atoms. The molecule has 19 heteroatoms. The van der Waals surface area contributed by atoms with Crippen LogP contribution in [0.3, 0.4) is 0 Å². The number of aliphatic hydroxyl groups excluding tert-OH is 3. The van der Waals surface area contributed by atoms with Crippen molar-refractivity contribution < 1.29 is 91.5 Å². The van der Waals surface area contributed by atoms with Gasteiger partial charge < -0.3 is 86.7 Å². The summed E-state index contributed by atoms with van der Waals surface area (Å²) in [5, 5.41) is 42.6. The summed E-state index contributed by atoms with van der Waals surface area (Å²) in [5.41, 5.74) is 1.63. The van der Waals surface area contributed by atoms with Crippen molar-refractivity contribution in [3.63, 3.8) is 0 Å². The Labute approximate surface area is 475 Å². The zero-order valence-corrected chi connectivity index (χ0v) is 47.8. The molecule has 3 spiro atoms. The molecule has 0 aromatic rings. The lowest BCUT2D eigenvalue weighted by Gasteiger charge is -2.51. The Balaban J connectivity index is 0.652. The van der Waals surface area contributed by atoms with E-state index in [1.54, 1.807) is 0 Å². The van der Waals surface area contributed by atoms with Gasteiger partial charge in [0.05, 0.1) is 135 Å². The topological polar surface area (TPSA) is 227 Å². The molecule has 452 valence electrons. The van der Waals surface area contributed by atoms with Crippen molar-refractivity contribution in [3.05, 3.63) is 24.3 Å². The van der Waals surface area contributed by atoms with Crippen molar-refractivity contribution in [1.29, 1.82) is 0 Å². The van der Waals surface area contributed by atoms with Crippen LogP contribution >= 0.6 is 0 Å². The molecule has 0 aromatic heterocycles. The molecule has 16 aliphatic rings. The van der Waals surface area contributed by atoms with Gasteiger partial charge in [-0.05, 0) is 99.5 Å². The third kappa shape index (κ3) is 9.65. The van der Waals surface area contributed by atoms with Gasteiger partial charge in [0.2, 0.25) is 5.79 Å². The summed E-state index contributed by atoms with van der Waals surface area (Å²) in [6.45, 7) is 17.5. The maximum atomic E-state index is 14.6. The SMILES string of the molecule is C=C1C2C[C@@H]3O[C@H]4C[C@H]5O[C@@]6(C[C@@H]7O[C@]8(C[C@H](C)[C@@H]9O[C@H]([C@@H](O)CCC(O)CO)C[C@@H]9O8)C[C@H](C)[C@@H]7O6)C[C@H]5O[C@H]4[C@H](C)[C@H]3OC(=O)C[C@H]3CC[C@@H]4O[C@@]5(O)[C@@H]6C[C@@]7(CC[C@H]8CC(=C)[C@H](CC[C@@H](C[C@H]1C)O2)O8)C[C@H]6O[C@H]5[C@@H](O7)[C@H]4O3. The summed E-state index contributed by atoms with van der Waals surface area (Å²) >= 11 is 0. The van der Waals surface area contributed by atoms with Crippen LogP contribution < -0.4 is 0 Å². The molecule has 32 atom stereocenters. The molecule has 16 rings (SSSR count). The standard InChI is InChI=1S/C62H90O19/c1-28-15-35-8-11-40-29(2)16-37(68-40)13-14-59-23-38-48(24-59)74-58-57(80-59)56-41(79-62(38,58)67)12-9-36(70-56)17-51(66)75-55-33(6)54-46(71-45(55)18-42(69-35)32(28)5)20-44-49(73-54)25-61(76-44)26-50-53(81-61)31(4)22-60(78-50)21-30(3)52-47(77-60)19-43(72-52)39(65)10-7-34(64)27-63/h28,30-31,33-50,52-58,63-65,67H,2,5,7-27H2,1,3-4,6H3/t28-,30+,31+,33+,34?,35+,36-,37+,38-,39+,40+,41+,42?,43+,44-,45+,46+,47+,48-,49-,50+,52+,53+,54+,55-,56+,57+,58+,59+,60-,61+,62+/m1/s1. The van der Waals surface area contributed by atoms with Gasteiger partial charge in [0.1, 0.15) is 24.4 Å². The fourth-order valence-corrected chi connectivity index (χ4v) is 19.0. The molecule has 1 saturated carbocycles. The van der Waals surface area contributed by atoms with Crippen LogP contribution in [0.5, 0.6) is 0 Å². The largest absolute Gasteiger partial charge is 0.459 e. The summed E-state index contributed by atoms with van der Waals surface area (Å²) in [5.74, 6) is -3.60. The lowest BCUT2D eigenvalue weighted by Crippen LogP contribution is -2.66. The van der Waals surface area contributed by atoms with E-state index in [1.807, 2.05) is 0 Å². The lowest BCUT2D eigenvalue weighted by molar-refractivity contribution is -0.354. The minimum atomic E-state index is -1.45. The Morgan fingerprint density at radius 2 is 1.30 bits per heavy atom. The third-order valence-electron chi connectivity index (χ3n) is 23.0. The number of hydrogen-bond acceptors (Lipinski definition) is 19. The van der Waals surface area contributed by atoms with Crippen LogP contribution in [-0.2, 0) is 71.1 Å². The van der Waals surface area contributed by atoms with Crippen LogP contribution in [0.25, 0.3) is 0 Å². The maximum Gasteiger partial charge on any atom is 0.308 e. The first kappa shape index (κ1) is 55.8. The smallest absolute Gasteiger partial charge is 0.308 e. The van der Waals surface area contributed by atoms with Crippen molar-refractivity contribution >= 4 is 5.97 Å². The average Bonchev–Trinajstić information content (AvgIpc) is 2.27. The second-order valence-corrected chi connectivity index (χ2v) is 28.6. The molecule has 12 bridgehead atoms. The zero-order chi connectivity index (χ0) is 55.6. The first-order chi connectivity index (χ1) is 38.8. The van der Waals surface area contributed by atoms with Gasteiger partial charge in [-0.25, -0.2) is 0 Å². The average molecular weight is 1140 g/mol. The number of carbonyl (C=O) groups is 1. The van der Waals surface area contributed by atoms with Crippen molar-refractivity contribution in [2.45, 2.75) is 319 Å². The molecule has 16 fully saturated rings. The van der Waals surface area contributed by atoms with Crippen LogP contribution in [-0.4, -0.2) is 196 Å². The highest BCUT2D eigenvalue weighted by Gasteiger charge is 2.74. The fourth-order valence-electron chi connectivity index (χ4n) is 19.0. The first-order valence-electron chi connectivity index (χ1n) is 31.7. The van der Waals surface area contributed by atoms with Gasteiger partial charge in [-0.15, -0.1) is 0 Å².